The number of Topliss-reactive ketones (excluding diaryl/α,β-unsaturated/α-hetero) is 1. The van der Waals surface area contributed by atoms with E-state index in [4.69, 9.17) is 4.42 Å². The molecule has 0 saturated heterocycles. The average molecular weight is 260 g/mol. The quantitative estimate of drug-likeness (QED) is 0.888. The minimum Gasteiger partial charge on any atom is -0.446 e. The van der Waals surface area contributed by atoms with Gasteiger partial charge in [0.15, 0.2) is 5.88 Å². The fraction of sp³-hybridized carbons (Fsp3) is 0.308. The van der Waals surface area contributed by atoms with E-state index in [1.54, 1.807) is 17.9 Å². The van der Waals surface area contributed by atoms with Gasteiger partial charge in [-0.1, -0.05) is 0 Å². The van der Waals surface area contributed by atoms with Crippen LogP contribution in [-0.4, -0.2) is 29.3 Å². The Bertz CT molecular complexity index is 580. The van der Waals surface area contributed by atoms with Gasteiger partial charge in [0, 0.05) is 19.2 Å². The topological polar surface area (TPSA) is 71.3 Å². The molecule has 2 aromatic rings. The van der Waals surface area contributed by atoms with Crippen molar-refractivity contribution < 1.29 is 9.21 Å². The molecule has 6 nitrogen and oxygen atoms in total. The molecule has 100 valence electrons. The van der Waals surface area contributed by atoms with Gasteiger partial charge in [-0.25, -0.2) is 9.97 Å². The molecule has 0 fully saturated rings. The first-order valence-corrected chi connectivity index (χ1v) is 5.90. The van der Waals surface area contributed by atoms with Crippen molar-refractivity contribution in [2.45, 2.75) is 13.8 Å². The number of anilines is 3. The summed E-state index contributed by atoms with van der Waals surface area (Å²) in [7, 11) is 1.81. The molecule has 0 saturated carbocycles. The first-order chi connectivity index (χ1) is 9.04. The summed E-state index contributed by atoms with van der Waals surface area (Å²) in [5.41, 5.74) is 0. The standard InChI is InChI=1S/C13H16N4O2/c1-9(18)7-17(3)12-6-11(14-8-15-12)16-13-5-4-10(2)19-13/h4-6,8H,7H2,1-3H3,(H,14,15,16). The van der Waals surface area contributed by atoms with Crippen LogP contribution in [0.5, 0.6) is 0 Å². The number of rotatable bonds is 5. The second kappa shape index (κ2) is 5.51. The van der Waals surface area contributed by atoms with Gasteiger partial charge in [-0.3, -0.25) is 4.79 Å². The summed E-state index contributed by atoms with van der Waals surface area (Å²) in [4.78, 5) is 21.1. The van der Waals surface area contributed by atoms with Crippen molar-refractivity contribution in [2.75, 3.05) is 23.8 Å². The third kappa shape index (κ3) is 3.54. The van der Waals surface area contributed by atoms with Gasteiger partial charge < -0.3 is 14.6 Å². The van der Waals surface area contributed by atoms with E-state index in [-0.39, 0.29) is 5.78 Å². The van der Waals surface area contributed by atoms with Crippen LogP contribution in [0.2, 0.25) is 0 Å². The number of carbonyl (C=O) groups is 1. The number of ketones is 1. The fourth-order valence-electron chi connectivity index (χ4n) is 1.67. The van der Waals surface area contributed by atoms with Crippen LogP contribution in [0.15, 0.2) is 28.9 Å². The Morgan fingerprint density at radius 2 is 2.21 bits per heavy atom. The van der Waals surface area contributed by atoms with E-state index in [1.165, 1.54) is 6.33 Å². The van der Waals surface area contributed by atoms with Crippen LogP contribution in [0.4, 0.5) is 17.5 Å². The number of hydrogen-bond donors (Lipinski definition) is 1. The van der Waals surface area contributed by atoms with Crippen LogP contribution >= 0.6 is 0 Å². The van der Waals surface area contributed by atoms with Crippen LogP contribution in [0.1, 0.15) is 12.7 Å². The first kappa shape index (κ1) is 13.1. The number of aromatic nitrogens is 2. The highest BCUT2D eigenvalue weighted by Gasteiger charge is 2.07. The number of furan rings is 1. The molecule has 2 heterocycles. The van der Waals surface area contributed by atoms with Gasteiger partial charge in [0.1, 0.15) is 29.5 Å². The fourth-order valence-corrected chi connectivity index (χ4v) is 1.67. The van der Waals surface area contributed by atoms with Gasteiger partial charge >= 0.3 is 0 Å². The summed E-state index contributed by atoms with van der Waals surface area (Å²) in [6.07, 6.45) is 1.45. The van der Waals surface area contributed by atoms with Crippen LogP contribution in [0.25, 0.3) is 0 Å². The van der Waals surface area contributed by atoms with Gasteiger partial charge in [0.2, 0.25) is 0 Å². The molecule has 0 atom stereocenters. The predicted octanol–water partition coefficient (Wildman–Crippen LogP) is 2.15. The van der Waals surface area contributed by atoms with E-state index < -0.39 is 0 Å². The Morgan fingerprint density at radius 1 is 1.42 bits per heavy atom. The maximum absolute atomic E-state index is 11.1. The molecule has 0 radical (unpaired) electrons. The highest BCUT2D eigenvalue weighted by molar-refractivity contribution is 5.80. The maximum Gasteiger partial charge on any atom is 0.198 e. The van der Waals surface area contributed by atoms with E-state index in [0.29, 0.717) is 24.1 Å². The minimum absolute atomic E-state index is 0.0808. The Hall–Kier alpha value is -2.37. The van der Waals surface area contributed by atoms with Gasteiger partial charge in [-0.15, -0.1) is 0 Å². The summed E-state index contributed by atoms with van der Waals surface area (Å²) >= 11 is 0. The molecule has 0 amide bonds. The summed E-state index contributed by atoms with van der Waals surface area (Å²) in [6, 6.07) is 5.46. The zero-order valence-electron chi connectivity index (χ0n) is 11.2. The van der Waals surface area contributed by atoms with E-state index >= 15 is 0 Å². The van der Waals surface area contributed by atoms with Crippen molar-refractivity contribution in [3.8, 4) is 0 Å². The lowest BCUT2D eigenvalue weighted by Gasteiger charge is -2.16. The molecule has 0 unspecified atom stereocenters. The largest absolute Gasteiger partial charge is 0.446 e. The molecule has 2 rings (SSSR count). The molecule has 19 heavy (non-hydrogen) atoms. The number of nitrogens with one attached hydrogen (secondary N) is 1. The molecule has 0 aliphatic carbocycles. The summed E-state index contributed by atoms with van der Waals surface area (Å²) in [5.74, 6) is 2.82. The van der Waals surface area contributed by atoms with E-state index in [0.717, 1.165) is 5.76 Å². The SMILES string of the molecule is CC(=O)CN(C)c1cc(Nc2ccc(C)o2)ncn1. The molecule has 0 aromatic carbocycles. The Balaban J connectivity index is 2.12. The van der Waals surface area contributed by atoms with Crippen LogP contribution in [0.3, 0.4) is 0 Å². The van der Waals surface area contributed by atoms with Crippen molar-refractivity contribution in [3.05, 3.63) is 30.3 Å². The lowest BCUT2D eigenvalue weighted by atomic mass is 10.4. The predicted molar refractivity (Wildman–Crippen MR) is 72.7 cm³/mol. The molecule has 0 aliphatic heterocycles. The summed E-state index contributed by atoms with van der Waals surface area (Å²) in [6.45, 7) is 3.73. The molecule has 0 aliphatic rings. The highest BCUT2D eigenvalue weighted by Crippen LogP contribution is 2.19. The normalized spacial score (nSPS) is 10.3. The summed E-state index contributed by atoms with van der Waals surface area (Å²) < 4.78 is 5.41. The van der Waals surface area contributed by atoms with E-state index in [2.05, 4.69) is 15.3 Å². The molecule has 6 heteroatoms. The number of nitrogens with zero attached hydrogens (tertiary/aromatic N) is 3. The number of likely N-dealkylation sites (N-methyl/N-ethyl adjacent to an activating group) is 1. The number of hydrogen-bond acceptors (Lipinski definition) is 6. The smallest absolute Gasteiger partial charge is 0.198 e. The third-order valence-electron chi connectivity index (χ3n) is 2.50. The second-order valence-electron chi connectivity index (χ2n) is 4.35. The highest BCUT2D eigenvalue weighted by atomic mass is 16.4. The van der Waals surface area contributed by atoms with Crippen molar-refractivity contribution in [1.29, 1.82) is 0 Å². The zero-order chi connectivity index (χ0) is 13.8. The second-order valence-corrected chi connectivity index (χ2v) is 4.35. The van der Waals surface area contributed by atoms with Crippen molar-refractivity contribution >= 4 is 23.3 Å². The van der Waals surface area contributed by atoms with Crippen molar-refractivity contribution in [1.82, 2.24) is 9.97 Å². The lowest BCUT2D eigenvalue weighted by Crippen LogP contribution is -2.24. The molecule has 0 spiro atoms. The van der Waals surface area contributed by atoms with E-state index in [1.807, 2.05) is 26.1 Å². The molecule has 2 aromatic heterocycles. The Labute approximate surface area is 111 Å². The van der Waals surface area contributed by atoms with Crippen LogP contribution in [0, 0.1) is 6.92 Å². The third-order valence-corrected chi connectivity index (χ3v) is 2.50. The molecular formula is C13H16N4O2. The Kier molecular flexibility index (Phi) is 3.79. The van der Waals surface area contributed by atoms with Gasteiger partial charge in [-0.2, -0.15) is 0 Å². The van der Waals surface area contributed by atoms with Crippen molar-refractivity contribution in [3.63, 3.8) is 0 Å². The van der Waals surface area contributed by atoms with Gasteiger partial charge in [0.05, 0.1) is 6.54 Å². The van der Waals surface area contributed by atoms with Crippen molar-refractivity contribution in [2.24, 2.45) is 0 Å². The molecule has 1 N–H and O–H groups in total. The first-order valence-electron chi connectivity index (χ1n) is 5.90. The summed E-state index contributed by atoms with van der Waals surface area (Å²) in [5, 5.41) is 3.04. The number of aryl methyl sites for hydroxylation is 1. The maximum atomic E-state index is 11.1. The van der Waals surface area contributed by atoms with Gasteiger partial charge in [-0.05, 0) is 19.9 Å². The minimum atomic E-state index is 0.0808. The zero-order valence-corrected chi connectivity index (χ0v) is 11.2. The monoisotopic (exact) mass is 260 g/mol. The lowest BCUT2D eigenvalue weighted by molar-refractivity contribution is -0.115. The average Bonchev–Trinajstić information content (AvgIpc) is 2.74. The van der Waals surface area contributed by atoms with Gasteiger partial charge in [0.25, 0.3) is 0 Å². The Morgan fingerprint density at radius 3 is 2.84 bits per heavy atom. The molecular weight excluding hydrogens is 244 g/mol. The van der Waals surface area contributed by atoms with Crippen LogP contribution < -0.4 is 10.2 Å². The van der Waals surface area contributed by atoms with Crippen LogP contribution in [-0.2, 0) is 4.79 Å². The number of carbonyl (C=O) groups excluding carboxylic acids is 1. The molecule has 0 bridgehead atoms. The van der Waals surface area contributed by atoms with E-state index in [9.17, 15) is 4.79 Å².